The van der Waals surface area contributed by atoms with Gasteiger partial charge in [-0.1, -0.05) is 36.4 Å². The molecule has 2 aliphatic heterocycles. The molecule has 42 heavy (non-hydrogen) atoms. The third kappa shape index (κ3) is 6.58. The molecule has 2 aliphatic rings. The number of phenols is 1. The highest BCUT2D eigenvalue weighted by Gasteiger charge is 2.46. The summed E-state index contributed by atoms with van der Waals surface area (Å²) in [5.41, 5.74) is 1.98. The fourth-order valence-corrected chi connectivity index (χ4v) is 5.32. The Balaban J connectivity index is 1.43. The number of phenolic OH excluding ortho intramolecular Hbond substituents is 1. The van der Waals surface area contributed by atoms with Crippen molar-refractivity contribution in [2.75, 3.05) is 46.0 Å². The molecule has 3 aromatic rings. The van der Waals surface area contributed by atoms with E-state index in [1.165, 1.54) is 11.0 Å². The van der Waals surface area contributed by atoms with E-state index in [4.69, 9.17) is 14.2 Å². The average Bonchev–Trinajstić information content (AvgIpc) is 3.27. The molecule has 1 atom stereocenters. The van der Waals surface area contributed by atoms with E-state index in [2.05, 4.69) is 4.90 Å². The number of ether oxygens (including phenoxy) is 3. The molecule has 2 heterocycles. The van der Waals surface area contributed by atoms with Crippen molar-refractivity contribution in [3.63, 3.8) is 0 Å². The van der Waals surface area contributed by atoms with Gasteiger partial charge in [-0.15, -0.1) is 0 Å². The van der Waals surface area contributed by atoms with Gasteiger partial charge in [0.2, 0.25) is 0 Å². The summed E-state index contributed by atoms with van der Waals surface area (Å²) in [6, 6.07) is 20.5. The van der Waals surface area contributed by atoms with Gasteiger partial charge in [-0.2, -0.15) is 0 Å². The number of morpholine rings is 1. The minimum Gasteiger partial charge on any atom is -0.507 e. The SMILES string of the molecule is CCOc1cc(C2/C(=C(\O)c3ccc(OCc4ccccc4)cc3)C(=O)C(=O)N2CCCN2CCOCC2)ccc1O. The van der Waals surface area contributed by atoms with Gasteiger partial charge in [-0.3, -0.25) is 14.5 Å². The van der Waals surface area contributed by atoms with Gasteiger partial charge >= 0.3 is 0 Å². The molecule has 0 spiro atoms. The maximum atomic E-state index is 13.4. The van der Waals surface area contributed by atoms with E-state index in [0.29, 0.717) is 56.3 Å². The molecular formula is C33H36N2O7. The van der Waals surface area contributed by atoms with Crippen molar-refractivity contribution in [3.05, 3.63) is 95.1 Å². The van der Waals surface area contributed by atoms with Gasteiger partial charge in [0.1, 0.15) is 18.1 Å². The number of carbonyl (C=O) groups is 2. The number of ketones is 1. The first-order valence-corrected chi connectivity index (χ1v) is 14.3. The number of Topliss-reactive ketones (excluding diaryl/α,β-unsaturated/α-hetero) is 1. The predicted octanol–water partition coefficient (Wildman–Crippen LogP) is 4.51. The maximum Gasteiger partial charge on any atom is 0.295 e. The van der Waals surface area contributed by atoms with Gasteiger partial charge in [-0.05, 0) is 60.9 Å². The van der Waals surface area contributed by atoms with Crippen LogP contribution in [0.5, 0.6) is 17.2 Å². The number of aromatic hydroxyl groups is 1. The first kappa shape index (κ1) is 29.2. The Morgan fingerprint density at radius 3 is 2.40 bits per heavy atom. The van der Waals surface area contributed by atoms with E-state index >= 15 is 0 Å². The molecule has 9 heteroatoms. The molecule has 3 aromatic carbocycles. The number of amides is 1. The van der Waals surface area contributed by atoms with Gasteiger partial charge < -0.3 is 29.3 Å². The Hall–Kier alpha value is -4.34. The number of nitrogens with zero attached hydrogens (tertiary/aromatic N) is 2. The minimum absolute atomic E-state index is 0.00235. The van der Waals surface area contributed by atoms with Crippen LogP contribution in [-0.2, 0) is 20.9 Å². The summed E-state index contributed by atoms with van der Waals surface area (Å²) in [7, 11) is 0. The van der Waals surface area contributed by atoms with Crippen molar-refractivity contribution in [2.24, 2.45) is 0 Å². The zero-order valence-electron chi connectivity index (χ0n) is 23.7. The largest absolute Gasteiger partial charge is 0.507 e. The van der Waals surface area contributed by atoms with Crippen LogP contribution in [0.4, 0.5) is 0 Å². The van der Waals surface area contributed by atoms with Gasteiger partial charge in [0.15, 0.2) is 11.5 Å². The van der Waals surface area contributed by atoms with Crippen LogP contribution in [0.25, 0.3) is 5.76 Å². The molecule has 1 unspecified atom stereocenters. The Morgan fingerprint density at radius 1 is 0.952 bits per heavy atom. The summed E-state index contributed by atoms with van der Waals surface area (Å²) in [4.78, 5) is 30.6. The average molecular weight is 573 g/mol. The first-order chi connectivity index (χ1) is 20.5. The number of rotatable bonds is 11. The number of aliphatic hydroxyl groups excluding tert-OH is 1. The van der Waals surface area contributed by atoms with E-state index in [0.717, 1.165) is 25.2 Å². The van der Waals surface area contributed by atoms with Crippen LogP contribution in [0.3, 0.4) is 0 Å². The first-order valence-electron chi connectivity index (χ1n) is 14.3. The highest BCUT2D eigenvalue weighted by atomic mass is 16.5. The zero-order valence-corrected chi connectivity index (χ0v) is 23.7. The number of hydrogen-bond donors (Lipinski definition) is 2. The van der Waals surface area contributed by atoms with Gasteiger partial charge in [-0.25, -0.2) is 0 Å². The highest BCUT2D eigenvalue weighted by molar-refractivity contribution is 6.46. The smallest absolute Gasteiger partial charge is 0.295 e. The quantitative estimate of drug-likeness (QED) is 0.196. The molecule has 0 aromatic heterocycles. The number of benzene rings is 3. The van der Waals surface area contributed by atoms with Crippen molar-refractivity contribution in [3.8, 4) is 17.2 Å². The summed E-state index contributed by atoms with van der Waals surface area (Å²) < 4.78 is 16.9. The molecule has 2 fully saturated rings. The van der Waals surface area contributed by atoms with Crippen molar-refractivity contribution < 1.29 is 34.0 Å². The zero-order chi connectivity index (χ0) is 29.5. The summed E-state index contributed by atoms with van der Waals surface area (Å²) in [6.07, 6.45) is 0.646. The van der Waals surface area contributed by atoms with E-state index in [1.807, 2.05) is 30.3 Å². The van der Waals surface area contributed by atoms with Crippen LogP contribution < -0.4 is 9.47 Å². The summed E-state index contributed by atoms with van der Waals surface area (Å²) in [6.45, 7) is 6.59. The summed E-state index contributed by atoms with van der Waals surface area (Å²) in [5, 5.41) is 21.7. The van der Waals surface area contributed by atoms with Crippen LogP contribution in [-0.4, -0.2) is 77.7 Å². The van der Waals surface area contributed by atoms with Crippen LogP contribution >= 0.6 is 0 Å². The van der Waals surface area contributed by atoms with Crippen molar-refractivity contribution in [2.45, 2.75) is 26.0 Å². The third-order valence-corrected chi connectivity index (χ3v) is 7.49. The van der Waals surface area contributed by atoms with Crippen LogP contribution in [0.2, 0.25) is 0 Å². The molecule has 1 amide bonds. The topological polar surface area (TPSA) is 109 Å². The molecule has 220 valence electrons. The lowest BCUT2D eigenvalue weighted by atomic mass is 9.95. The molecule has 0 aliphatic carbocycles. The number of carbonyl (C=O) groups excluding carboxylic acids is 2. The third-order valence-electron chi connectivity index (χ3n) is 7.49. The van der Waals surface area contributed by atoms with E-state index < -0.39 is 17.7 Å². The Morgan fingerprint density at radius 2 is 1.69 bits per heavy atom. The molecule has 2 N–H and O–H groups in total. The summed E-state index contributed by atoms with van der Waals surface area (Å²) >= 11 is 0. The lowest BCUT2D eigenvalue weighted by Crippen LogP contribution is -2.38. The van der Waals surface area contributed by atoms with Gasteiger partial charge in [0.25, 0.3) is 11.7 Å². The van der Waals surface area contributed by atoms with Crippen molar-refractivity contribution >= 4 is 17.4 Å². The van der Waals surface area contributed by atoms with E-state index in [9.17, 15) is 19.8 Å². The monoisotopic (exact) mass is 572 g/mol. The fourth-order valence-electron chi connectivity index (χ4n) is 5.32. The van der Waals surface area contributed by atoms with Gasteiger partial charge in [0.05, 0.1) is 31.4 Å². The molecule has 0 bridgehead atoms. The number of hydrogen-bond acceptors (Lipinski definition) is 8. The molecule has 0 radical (unpaired) electrons. The van der Waals surface area contributed by atoms with E-state index in [-0.39, 0.29) is 22.8 Å². The van der Waals surface area contributed by atoms with Crippen molar-refractivity contribution in [1.82, 2.24) is 9.80 Å². The standard InChI is InChI=1S/C33H36N2O7/c1-2-41-28-21-25(11-14-27(28)36)30-29(32(38)33(39)35(30)16-6-15-34-17-19-40-20-18-34)31(37)24-9-12-26(13-10-24)42-22-23-7-4-3-5-8-23/h3-5,7-14,21,30,36-37H,2,6,15-20,22H2,1H3/b31-29+. The second-order valence-electron chi connectivity index (χ2n) is 10.3. The molecular weight excluding hydrogens is 536 g/mol. The Bertz CT molecular complexity index is 1420. The molecule has 0 saturated carbocycles. The minimum atomic E-state index is -0.844. The maximum absolute atomic E-state index is 13.4. The number of aliphatic hydroxyl groups is 1. The number of likely N-dealkylation sites (tertiary alicyclic amines) is 1. The van der Waals surface area contributed by atoms with Crippen LogP contribution in [0, 0.1) is 0 Å². The fraction of sp³-hybridized carbons (Fsp3) is 0.333. The second-order valence-corrected chi connectivity index (χ2v) is 10.3. The van der Waals surface area contributed by atoms with Crippen LogP contribution in [0.15, 0.2) is 78.4 Å². The lowest BCUT2D eigenvalue weighted by molar-refractivity contribution is -0.140. The normalized spacial score (nSPS) is 18.8. The van der Waals surface area contributed by atoms with Crippen molar-refractivity contribution in [1.29, 1.82) is 0 Å². The van der Waals surface area contributed by atoms with E-state index in [1.54, 1.807) is 43.3 Å². The molecule has 5 rings (SSSR count). The highest BCUT2D eigenvalue weighted by Crippen LogP contribution is 2.42. The Kier molecular flexibility index (Phi) is 9.41. The predicted molar refractivity (Wildman–Crippen MR) is 157 cm³/mol. The van der Waals surface area contributed by atoms with Gasteiger partial charge in [0, 0.05) is 31.7 Å². The Labute approximate surface area is 245 Å². The van der Waals surface area contributed by atoms with Crippen LogP contribution in [0.1, 0.15) is 36.1 Å². The molecule has 2 saturated heterocycles. The second kappa shape index (κ2) is 13.5. The summed E-state index contributed by atoms with van der Waals surface area (Å²) in [5.74, 6) is -0.883. The molecule has 9 nitrogen and oxygen atoms in total. The lowest BCUT2D eigenvalue weighted by Gasteiger charge is -2.29.